The third kappa shape index (κ3) is 3.32. The van der Waals surface area contributed by atoms with Gasteiger partial charge in [0.15, 0.2) is 0 Å². The fourth-order valence-corrected chi connectivity index (χ4v) is 1.72. The van der Waals surface area contributed by atoms with Crippen LogP contribution < -0.4 is 10.9 Å². The standard InChI is InChI=1S/C13H13ClFN3O/c1-7(2)13-17-11(6-12(19)18-13)16-8-3-4-10(15)9(14)5-8/h3-7H,1-2H3,(H2,16,17,18,19). The quantitative estimate of drug-likeness (QED) is 0.906. The van der Waals surface area contributed by atoms with Crippen LogP contribution in [0.15, 0.2) is 29.1 Å². The van der Waals surface area contributed by atoms with E-state index in [1.54, 1.807) is 0 Å². The smallest absolute Gasteiger partial charge is 0.252 e. The third-order valence-electron chi connectivity index (χ3n) is 2.50. The normalized spacial score (nSPS) is 10.8. The lowest BCUT2D eigenvalue weighted by molar-refractivity contribution is 0.628. The van der Waals surface area contributed by atoms with Gasteiger partial charge < -0.3 is 10.3 Å². The minimum absolute atomic E-state index is 0.0129. The van der Waals surface area contributed by atoms with Crippen LogP contribution in [0.2, 0.25) is 5.02 Å². The summed E-state index contributed by atoms with van der Waals surface area (Å²) in [5, 5.41) is 2.94. The van der Waals surface area contributed by atoms with Crippen LogP contribution >= 0.6 is 11.6 Å². The second-order valence-corrected chi connectivity index (χ2v) is 4.83. The number of hydrogen-bond donors (Lipinski definition) is 2. The summed E-state index contributed by atoms with van der Waals surface area (Å²) in [6.07, 6.45) is 0. The topological polar surface area (TPSA) is 57.8 Å². The summed E-state index contributed by atoms with van der Waals surface area (Å²) in [5.74, 6) is 0.596. The van der Waals surface area contributed by atoms with E-state index < -0.39 is 5.82 Å². The van der Waals surface area contributed by atoms with Gasteiger partial charge in [-0.3, -0.25) is 4.79 Å². The Morgan fingerprint density at radius 1 is 1.37 bits per heavy atom. The summed E-state index contributed by atoms with van der Waals surface area (Å²) in [6, 6.07) is 5.55. The number of aromatic nitrogens is 2. The van der Waals surface area contributed by atoms with Crippen LogP contribution in [0.1, 0.15) is 25.6 Å². The van der Waals surface area contributed by atoms with Crippen LogP contribution in [0.4, 0.5) is 15.9 Å². The molecule has 0 radical (unpaired) electrons. The first-order valence-electron chi connectivity index (χ1n) is 5.79. The van der Waals surface area contributed by atoms with E-state index in [-0.39, 0.29) is 16.5 Å². The maximum absolute atomic E-state index is 13.0. The molecule has 1 heterocycles. The first-order valence-corrected chi connectivity index (χ1v) is 6.17. The van der Waals surface area contributed by atoms with Gasteiger partial charge >= 0.3 is 0 Å². The van der Waals surface area contributed by atoms with Crippen molar-refractivity contribution in [3.63, 3.8) is 0 Å². The molecule has 0 saturated heterocycles. The Kier molecular flexibility index (Phi) is 3.85. The minimum atomic E-state index is -0.492. The highest BCUT2D eigenvalue weighted by atomic mass is 35.5. The molecule has 4 nitrogen and oxygen atoms in total. The SMILES string of the molecule is CC(C)c1nc(Nc2ccc(F)c(Cl)c2)cc(=O)[nH]1. The Morgan fingerprint density at radius 3 is 2.74 bits per heavy atom. The zero-order valence-corrected chi connectivity index (χ0v) is 11.3. The van der Waals surface area contributed by atoms with E-state index in [4.69, 9.17) is 11.6 Å². The fraction of sp³-hybridized carbons (Fsp3) is 0.231. The molecule has 100 valence electrons. The predicted octanol–water partition coefficient (Wildman–Crippen LogP) is 3.43. The van der Waals surface area contributed by atoms with Crippen molar-refractivity contribution in [1.29, 1.82) is 0 Å². The zero-order chi connectivity index (χ0) is 14.0. The molecule has 0 bridgehead atoms. The number of benzene rings is 1. The maximum atomic E-state index is 13.0. The molecule has 0 unspecified atom stereocenters. The van der Waals surface area contributed by atoms with Crippen LogP contribution in [0.3, 0.4) is 0 Å². The minimum Gasteiger partial charge on any atom is -0.340 e. The van der Waals surface area contributed by atoms with Gasteiger partial charge in [-0.2, -0.15) is 0 Å². The number of aromatic amines is 1. The van der Waals surface area contributed by atoms with Crippen molar-refractivity contribution in [2.75, 3.05) is 5.32 Å². The summed E-state index contributed by atoms with van der Waals surface area (Å²) >= 11 is 5.69. The van der Waals surface area contributed by atoms with Gasteiger partial charge in [0, 0.05) is 17.7 Å². The van der Waals surface area contributed by atoms with E-state index in [0.29, 0.717) is 17.3 Å². The van der Waals surface area contributed by atoms with Gasteiger partial charge in [0.25, 0.3) is 5.56 Å². The largest absolute Gasteiger partial charge is 0.340 e. The fourth-order valence-electron chi connectivity index (χ4n) is 1.54. The van der Waals surface area contributed by atoms with Crippen molar-refractivity contribution < 1.29 is 4.39 Å². The monoisotopic (exact) mass is 281 g/mol. The molecule has 6 heteroatoms. The maximum Gasteiger partial charge on any atom is 0.252 e. The highest BCUT2D eigenvalue weighted by Gasteiger charge is 2.06. The molecule has 19 heavy (non-hydrogen) atoms. The number of nitrogens with one attached hydrogen (secondary N) is 2. The highest BCUT2D eigenvalue weighted by Crippen LogP contribution is 2.21. The Bertz CT molecular complexity index is 655. The Labute approximate surface area is 114 Å². The zero-order valence-electron chi connectivity index (χ0n) is 10.5. The summed E-state index contributed by atoms with van der Waals surface area (Å²) in [5.41, 5.74) is 0.327. The predicted molar refractivity (Wildman–Crippen MR) is 73.6 cm³/mol. The first-order chi connectivity index (χ1) is 8.95. The Hall–Kier alpha value is -1.88. The van der Waals surface area contributed by atoms with E-state index in [0.717, 1.165) is 0 Å². The van der Waals surface area contributed by atoms with Crippen LogP contribution in [0.5, 0.6) is 0 Å². The van der Waals surface area contributed by atoms with Gasteiger partial charge in [-0.05, 0) is 18.2 Å². The summed E-state index contributed by atoms with van der Waals surface area (Å²) < 4.78 is 13.0. The number of H-pyrrole nitrogens is 1. The lowest BCUT2D eigenvalue weighted by Gasteiger charge is -2.09. The average Bonchev–Trinajstić information content (AvgIpc) is 2.33. The molecule has 0 aliphatic rings. The molecule has 1 aromatic carbocycles. The number of halogens is 2. The number of hydrogen-bond acceptors (Lipinski definition) is 3. The van der Waals surface area contributed by atoms with E-state index >= 15 is 0 Å². The van der Waals surface area contributed by atoms with E-state index in [2.05, 4.69) is 15.3 Å². The van der Waals surface area contributed by atoms with Crippen molar-refractivity contribution in [1.82, 2.24) is 9.97 Å². The van der Waals surface area contributed by atoms with Crippen LogP contribution in [-0.2, 0) is 0 Å². The Balaban J connectivity index is 2.32. The van der Waals surface area contributed by atoms with E-state index in [1.165, 1.54) is 24.3 Å². The summed E-state index contributed by atoms with van der Waals surface area (Å²) in [6.45, 7) is 3.85. The second-order valence-electron chi connectivity index (χ2n) is 4.42. The van der Waals surface area contributed by atoms with Crippen LogP contribution in [-0.4, -0.2) is 9.97 Å². The van der Waals surface area contributed by atoms with Crippen molar-refractivity contribution in [3.8, 4) is 0 Å². The van der Waals surface area contributed by atoms with Crippen LogP contribution in [0, 0.1) is 5.82 Å². The second kappa shape index (κ2) is 5.40. The van der Waals surface area contributed by atoms with Crippen molar-refractivity contribution in [2.24, 2.45) is 0 Å². The lowest BCUT2D eigenvalue weighted by Crippen LogP contribution is -2.13. The molecule has 0 amide bonds. The molecular weight excluding hydrogens is 269 g/mol. The molecule has 2 aromatic rings. The van der Waals surface area contributed by atoms with Gasteiger partial charge in [0.1, 0.15) is 17.5 Å². The Morgan fingerprint density at radius 2 is 2.11 bits per heavy atom. The summed E-state index contributed by atoms with van der Waals surface area (Å²) in [7, 11) is 0. The molecule has 1 aromatic heterocycles. The van der Waals surface area contributed by atoms with Gasteiger partial charge in [0.05, 0.1) is 5.02 Å². The van der Waals surface area contributed by atoms with Gasteiger partial charge in [0.2, 0.25) is 0 Å². The molecule has 0 aliphatic heterocycles. The lowest BCUT2D eigenvalue weighted by atomic mass is 10.2. The van der Waals surface area contributed by atoms with Crippen molar-refractivity contribution >= 4 is 23.1 Å². The molecule has 2 rings (SSSR count). The molecule has 0 fully saturated rings. The van der Waals surface area contributed by atoms with Gasteiger partial charge in [-0.1, -0.05) is 25.4 Å². The van der Waals surface area contributed by atoms with E-state index in [9.17, 15) is 9.18 Å². The van der Waals surface area contributed by atoms with Gasteiger partial charge in [-0.25, -0.2) is 9.37 Å². The molecule has 2 N–H and O–H groups in total. The van der Waals surface area contributed by atoms with E-state index in [1.807, 2.05) is 13.8 Å². The summed E-state index contributed by atoms with van der Waals surface area (Å²) in [4.78, 5) is 18.4. The third-order valence-corrected chi connectivity index (χ3v) is 2.79. The number of anilines is 2. The molecule has 0 saturated carbocycles. The molecular formula is C13H13ClFN3O. The van der Waals surface area contributed by atoms with Crippen molar-refractivity contribution in [2.45, 2.75) is 19.8 Å². The average molecular weight is 282 g/mol. The molecule has 0 spiro atoms. The molecule has 0 atom stereocenters. The van der Waals surface area contributed by atoms with Crippen LogP contribution in [0.25, 0.3) is 0 Å². The molecule has 0 aliphatic carbocycles. The first kappa shape index (κ1) is 13.5. The van der Waals surface area contributed by atoms with Gasteiger partial charge in [-0.15, -0.1) is 0 Å². The highest BCUT2D eigenvalue weighted by molar-refractivity contribution is 6.31. The van der Waals surface area contributed by atoms with Crippen molar-refractivity contribution in [3.05, 3.63) is 51.3 Å². The number of rotatable bonds is 3. The number of nitrogens with zero attached hydrogens (tertiary/aromatic N) is 1.